The molecule has 0 aromatic rings. The van der Waals surface area contributed by atoms with Gasteiger partial charge in [0, 0.05) is 12.6 Å². The van der Waals surface area contributed by atoms with Gasteiger partial charge in [0.05, 0.1) is 5.75 Å². The summed E-state index contributed by atoms with van der Waals surface area (Å²) in [6.07, 6.45) is 9.52. The van der Waals surface area contributed by atoms with Crippen molar-refractivity contribution < 1.29 is 8.42 Å². The molecule has 106 valence electrons. The summed E-state index contributed by atoms with van der Waals surface area (Å²) in [7, 11) is -3.09. The Morgan fingerprint density at radius 2 is 1.72 bits per heavy atom. The second-order valence-corrected chi connectivity index (χ2v) is 7.63. The normalized spacial score (nSPS) is 27.2. The van der Waals surface area contributed by atoms with Crippen LogP contribution in [0, 0.1) is 5.92 Å². The highest BCUT2D eigenvalue weighted by Crippen LogP contribution is 2.23. The molecule has 5 heteroatoms. The van der Waals surface area contributed by atoms with Gasteiger partial charge in [-0.15, -0.1) is 0 Å². The van der Waals surface area contributed by atoms with Gasteiger partial charge in [-0.25, -0.2) is 13.1 Å². The Kier molecular flexibility index (Phi) is 5.45. The minimum Gasteiger partial charge on any atom is -0.313 e. The van der Waals surface area contributed by atoms with Crippen molar-refractivity contribution in [1.29, 1.82) is 0 Å². The molecule has 0 bridgehead atoms. The van der Waals surface area contributed by atoms with Crippen LogP contribution in [0.4, 0.5) is 0 Å². The van der Waals surface area contributed by atoms with Crippen molar-refractivity contribution in [2.75, 3.05) is 18.8 Å². The molecule has 0 amide bonds. The van der Waals surface area contributed by atoms with Crippen LogP contribution in [0.15, 0.2) is 0 Å². The Balaban J connectivity index is 1.72. The second kappa shape index (κ2) is 6.87. The van der Waals surface area contributed by atoms with Gasteiger partial charge in [0.2, 0.25) is 10.0 Å². The quantitative estimate of drug-likeness (QED) is 0.801. The number of sulfonamides is 1. The van der Waals surface area contributed by atoms with Crippen molar-refractivity contribution in [2.45, 2.75) is 57.4 Å². The number of hydrogen-bond donors (Lipinski definition) is 2. The fraction of sp³-hybridized carbons (Fsp3) is 1.00. The highest BCUT2D eigenvalue weighted by atomic mass is 32.2. The number of rotatable bonds is 5. The van der Waals surface area contributed by atoms with Gasteiger partial charge in [-0.1, -0.05) is 25.7 Å². The summed E-state index contributed by atoms with van der Waals surface area (Å²) in [4.78, 5) is 0. The fourth-order valence-electron chi connectivity index (χ4n) is 3.03. The minimum absolute atomic E-state index is 0.155. The van der Waals surface area contributed by atoms with Crippen LogP contribution in [-0.4, -0.2) is 33.3 Å². The number of hydrogen-bond acceptors (Lipinski definition) is 3. The Bertz CT molecular complexity index is 331. The van der Waals surface area contributed by atoms with E-state index in [1.807, 2.05) is 0 Å². The SMILES string of the molecule is O=S(=O)(CC1CCCCN1)NCC1CCCCC1. The van der Waals surface area contributed by atoms with Crippen molar-refractivity contribution in [2.24, 2.45) is 5.92 Å². The molecular formula is C13H26N2O2S. The first-order valence-electron chi connectivity index (χ1n) is 7.36. The smallest absolute Gasteiger partial charge is 0.213 e. The van der Waals surface area contributed by atoms with E-state index in [0.29, 0.717) is 12.5 Å². The lowest BCUT2D eigenvalue weighted by molar-refractivity contribution is 0.356. The largest absolute Gasteiger partial charge is 0.313 e. The first-order chi connectivity index (χ1) is 8.66. The van der Waals surface area contributed by atoms with Crippen LogP contribution in [-0.2, 0) is 10.0 Å². The van der Waals surface area contributed by atoms with Gasteiger partial charge in [0.25, 0.3) is 0 Å². The molecule has 1 atom stereocenters. The lowest BCUT2D eigenvalue weighted by Gasteiger charge is -2.25. The van der Waals surface area contributed by atoms with E-state index < -0.39 is 10.0 Å². The molecule has 1 saturated carbocycles. The minimum atomic E-state index is -3.09. The van der Waals surface area contributed by atoms with E-state index >= 15 is 0 Å². The predicted molar refractivity (Wildman–Crippen MR) is 74.0 cm³/mol. The molecule has 1 saturated heterocycles. The van der Waals surface area contributed by atoms with E-state index in [2.05, 4.69) is 10.0 Å². The summed E-state index contributed by atoms with van der Waals surface area (Å²) in [6, 6.07) is 0.155. The van der Waals surface area contributed by atoms with Crippen LogP contribution in [0.1, 0.15) is 51.4 Å². The van der Waals surface area contributed by atoms with Gasteiger partial charge in [-0.2, -0.15) is 0 Å². The zero-order valence-electron chi connectivity index (χ0n) is 11.2. The lowest BCUT2D eigenvalue weighted by atomic mass is 9.90. The molecule has 2 aliphatic rings. The highest BCUT2D eigenvalue weighted by Gasteiger charge is 2.22. The van der Waals surface area contributed by atoms with Crippen molar-refractivity contribution in [3.63, 3.8) is 0 Å². The molecule has 1 unspecified atom stereocenters. The molecule has 1 aliphatic heterocycles. The van der Waals surface area contributed by atoms with Gasteiger partial charge in [0.1, 0.15) is 0 Å². The van der Waals surface area contributed by atoms with Crippen LogP contribution in [0.5, 0.6) is 0 Å². The van der Waals surface area contributed by atoms with Crippen LogP contribution < -0.4 is 10.0 Å². The molecule has 0 radical (unpaired) electrons. The van der Waals surface area contributed by atoms with E-state index in [9.17, 15) is 8.42 Å². The van der Waals surface area contributed by atoms with Crippen molar-refractivity contribution in [3.8, 4) is 0 Å². The third-order valence-corrected chi connectivity index (χ3v) is 5.60. The average molecular weight is 274 g/mol. The van der Waals surface area contributed by atoms with Gasteiger partial charge in [0.15, 0.2) is 0 Å². The standard InChI is InChI=1S/C13H26N2O2S/c16-18(17,11-13-8-4-5-9-14-13)15-10-12-6-2-1-3-7-12/h12-15H,1-11H2. The van der Waals surface area contributed by atoms with Gasteiger partial charge < -0.3 is 5.32 Å². The Hall–Kier alpha value is -0.130. The zero-order valence-corrected chi connectivity index (χ0v) is 12.0. The van der Waals surface area contributed by atoms with E-state index in [4.69, 9.17) is 0 Å². The number of piperidine rings is 1. The Morgan fingerprint density at radius 3 is 2.39 bits per heavy atom. The summed E-state index contributed by atoms with van der Waals surface area (Å²) in [5.41, 5.74) is 0. The third-order valence-electron chi connectivity index (χ3n) is 4.15. The van der Waals surface area contributed by atoms with E-state index in [0.717, 1.165) is 19.4 Å². The molecule has 2 fully saturated rings. The zero-order chi connectivity index (χ0) is 12.8. The molecule has 0 spiro atoms. The van der Waals surface area contributed by atoms with E-state index in [1.165, 1.54) is 38.5 Å². The summed E-state index contributed by atoms with van der Waals surface area (Å²) in [6.45, 7) is 1.61. The second-order valence-electron chi connectivity index (χ2n) is 5.78. The topological polar surface area (TPSA) is 58.2 Å². The molecule has 0 aromatic carbocycles. The molecule has 1 aliphatic carbocycles. The summed E-state index contributed by atoms with van der Waals surface area (Å²) >= 11 is 0. The Morgan fingerprint density at radius 1 is 1.00 bits per heavy atom. The van der Waals surface area contributed by atoms with E-state index in [1.54, 1.807) is 0 Å². The average Bonchev–Trinajstić information content (AvgIpc) is 2.38. The predicted octanol–water partition coefficient (Wildman–Crippen LogP) is 1.63. The van der Waals surface area contributed by atoms with Crippen LogP contribution in [0.2, 0.25) is 0 Å². The van der Waals surface area contributed by atoms with Gasteiger partial charge in [-0.05, 0) is 38.1 Å². The van der Waals surface area contributed by atoms with Crippen molar-refractivity contribution in [3.05, 3.63) is 0 Å². The summed E-state index contributed by atoms with van der Waals surface area (Å²) in [5, 5.41) is 3.29. The molecular weight excluding hydrogens is 248 g/mol. The molecule has 0 aromatic heterocycles. The molecule has 1 heterocycles. The molecule has 18 heavy (non-hydrogen) atoms. The number of nitrogens with one attached hydrogen (secondary N) is 2. The lowest BCUT2D eigenvalue weighted by Crippen LogP contribution is -2.43. The molecule has 2 rings (SSSR count). The van der Waals surface area contributed by atoms with Crippen molar-refractivity contribution >= 4 is 10.0 Å². The van der Waals surface area contributed by atoms with E-state index in [-0.39, 0.29) is 11.8 Å². The fourth-order valence-corrected chi connectivity index (χ4v) is 4.45. The highest BCUT2D eigenvalue weighted by molar-refractivity contribution is 7.89. The van der Waals surface area contributed by atoms with Crippen LogP contribution >= 0.6 is 0 Å². The first-order valence-corrected chi connectivity index (χ1v) is 9.02. The van der Waals surface area contributed by atoms with Crippen LogP contribution in [0.25, 0.3) is 0 Å². The Labute approximate surface area is 111 Å². The summed E-state index contributed by atoms with van der Waals surface area (Å²) < 4.78 is 26.8. The molecule has 4 nitrogen and oxygen atoms in total. The maximum Gasteiger partial charge on any atom is 0.213 e. The van der Waals surface area contributed by atoms with Gasteiger partial charge in [-0.3, -0.25) is 0 Å². The monoisotopic (exact) mass is 274 g/mol. The third kappa shape index (κ3) is 4.86. The first kappa shape index (κ1) is 14.3. The summed E-state index contributed by atoms with van der Waals surface area (Å²) in [5.74, 6) is 0.813. The van der Waals surface area contributed by atoms with Gasteiger partial charge >= 0.3 is 0 Å². The van der Waals surface area contributed by atoms with Crippen LogP contribution in [0.3, 0.4) is 0 Å². The molecule has 2 N–H and O–H groups in total. The maximum atomic E-state index is 12.0. The van der Waals surface area contributed by atoms with Crippen molar-refractivity contribution in [1.82, 2.24) is 10.0 Å². The maximum absolute atomic E-state index is 12.0.